The molecule has 0 amide bonds. The molecule has 1 heterocycles. The van der Waals surface area contributed by atoms with Gasteiger partial charge >= 0.3 is 33.2 Å². The molecule has 2 aliphatic carbocycles. The first-order valence-corrected chi connectivity index (χ1v) is 12.7. The zero-order valence-electron chi connectivity index (χ0n) is 16.1. The third kappa shape index (κ3) is 3.63. The van der Waals surface area contributed by atoms with E-state index in [-0.39, 0.29) is 17.4 Å². The number of alkyl halides is 6. The number of aliphatic hydroxyl groups excluding tert-OH is 2. The monoisotopic (exact) mass is 534 g/mol. The maximum atomic E-state index is 13.5. The largest absolute Gasteiger partial charge is 0.458 e. The molecule has 0 aromatic carbocycles. The van der Waals surface area contributed by atoms with Gasteiger partial charge in [0.2, 0.25) is 0 Å². The number of thioether (sulfide) groups is 2. The highest BCUT2D eigenvalue weighted by Crippen LogP contribution is 2.66. The summed E-state index contributed by atoms with van der Waals surface area (Å²) in [7, 11) is -7.07. The number of rotatable bonds is 5. The van der Waals surface area contributed by atoms with Crippen molar-refractivity contribution in [2.24, 2.45) is 17.3 Å². The van der Waals surface area contributed by atoms with E-state index < -0.39 is 67.9 Å². The summed E-state index contributed by atoms with van der Waals surface area (Å²) in [6.45, 7) is -0.821. The molecule has 3 N–H and O–H groups in total. The molecule has 2 saturated carbocycles. The molecule has 3 unspecified atom stereocenters. The standard InChI is InChI=1S/C16H20F6O7S3/c17-15(18,19)14(16(20,21)22,32(26,27)28)11(25)29-10-8-1-2-9(3-8)13(10)30-6-12(4-23,5-24)7-31-13/h8-10,23-24H,1-7H2,(H,26,27,28). The lowest BCUT2D eigenvalue weighted by Crippen LogP contribution is -2.68. The Balaban J connectivity index is 2.00. The number of fused-ring (bicyclic) bond motifs is 3. The van der Waals surface area contributed by atoms with Gasteiger partial charge in [0.25, 0.3) is 0 Å². The molecule has 186 valence electrons. The van der Waals surface area contributed by atoms with Gasteiger partial charge in [0.05, 0.1) is 13.2 Å². The van der Waals surface area contributed by atoms with Gasteiger partial charge in [0.1, 0.15) is 10.2 Å². The van der Waals surface area contributed by atoms with Crippen LogP contribution in [0.3, 0.4) is 0 Å². The Morgan fingerprint density at radius 3 is 1.91 bits per heavy atom. The summed E-state index contributed by atoms with van der Waals surface area (Å²) in [5.41, 5.74) is -0.937. The Morgan fingerprint density at radius 2 is 1.50 bits per heavy atom. The van der Waals surface area contributed by atoms with Crippen molar-refractivity contribution in [1.82, 2.24) is 0 Å². The molecule has 0 aromatic rings. The molecule has 3 atom stereocenters. The van der Waals surface area contributed by atoms with Gasteiger partial charge in [-0.05, 0) is 31.1 Å². The van der Waals surface area contributed by atoms with Gasteiger partial charge in [-0.1, -0.05) is 0 Å². The van der Waals surface area contributed by atoms with Crippen LogP contribution in [-0.4, -0.2) is 81.2 Å². The van der Waals surface area contributed by atoms with Crippen molar-refractivity contribution in [1.29, 1.82) is 0 Å². The summed E-state index contributed by atoms with van der Waals surface area (Å²) in [6, 6.07) is 0. The molecule has 32 heavy (non-hydrogen) atoms. The lowest BCUT2D eigenvalue weighted by atomic mass is 9.94. The van der Waals surface area contributed by atoms with Crippen molar-refractivity contribution in [2.45, 2.75) is 46.5 Å². The summed E-state index contributed by atoms with van der Waals surface area (Å²) < 4.78 is 110. The highest BCUT2D eigenvalue weighted by atomic mass is 32.2. The Kier molecular flexibility index (Phi) is 6.60. The first-order chi connectivity index (χ1) is 14.5. The van der Waals surface area contributed by atoms with Crippen LogP contribution in [0.4, 0.5) is 26.3 Å². The molecule has 3 aliphatic rings. The van der Waals surface area contributed by atoms with Gasteiger partial charge in [0, 0.05) is 16.9 Å². The van der Waals surface area contributed by atoms with Crippen LogP contribution >= 0.6 is 23.5 Å². The number of halogens is 6. The highest BCUT2D eigenvalue weighted by Gasteiger charge is 2.85. The maximum Gasteiger partial charge on any atom is 0.430 e. The van der Waals surface area contributed by atoms with Gasteiger partial charge in [-0.2, -0.15) is 34.8 Å². The minimum atomic E-state index is -7.07. The van der Waals surface area contributed by atoms with Crippen LogP contribution in [0.15, 0.2) is 0 Å². The minimum absolute atomic E-state index is 0.103. The second-order valence-electron chi connectivity index (χ2n) is 8.36. The van der Waals surface area contributed by atoms with Crippen LogP contribution in [0.1, 0.15) is 19.3 Å². The van der Waals surface area contributed by atoms with Crippen LogP contribution in [0.5, 0.6) is 0 Å². The maximum absolute atomic E-state index is 13.5. The smallest absolute Gasteiger partial charge is 0.430 e. The van der Waals surface area contributed by atoms with Gasteiger partial charge in [0.15, 0.2) is 0 Å². The minimum Gasteiger partial charge on any atom is -0.458 e. The predicted molar refractivity (Wildman–Crippen MR) is 101 cm³/mol. The van der Waals surface area contributed by atoms with Crippen LogP contribution in [-0.2, 0) is 19.6 Å². The van der Waals surface area contributed by atoms with E-state index in [2.05, 4.69) is 0 Å². The molecule has 2 bridgehead atoms. The van der Waals surface area contributed by atoms with Crippen molar-refractivity contribution >= 4 is 39.6 Å². The number of aliphatic hydroxyl groups is 2. The van der Waals surface area contributed by atoms with Crippen molar-refractivity contribution in [3.8, 4) is 0 Å². The quantitative estimate of drug-likeness (QED) is 0.277. The van der Waals surface area contributed by atoms with Crippen LogP contribution in [0.25, 0.3) is 0 Å². The number of hydrogen-bond acceptors (Lipinski definition) is 8. The summed E-state index contributed by atoms with van der Waals surface area (Å²) >= 11 is 2.13. The fourth-order valence-corrected chi connectivity index (χ4v) is 9.63. The molecular formula is C16H20F6O7S3. The van der Waals surface area contributed by atoms with Crippen molar-refractivity contribution in [2.75, 3.05) is 24.7 Å². The molecule has 0 radical (unpaired) electrons. The third-order valence-corrected chi connectivity index (χ3v) is 12.1. The first-order valence-electron chi connectivity index (χ1n) is 9.32. The number of carbonyl (C=O) groups excluding carboxylic acids is 1. The number of ether oxygens (including phenoxy) is 1. The fourth-order valence-electron chi connectivity index (χ4n) is 4.63. The van der Waals surface area contributed by atoms with E-state index in [4.69, 9.17) is 9.29 Å². The lowest BCUT2D eigenvalue weighted by molar-refractivity contribution is -0.270. The SMILES string of the molecule is O=C(OC1C2CCC(C2)C12SCC(CO)(CO)CS2)C(C(F)(F)F)(C(F)(F)F)S(=O)(=O)O. The summed E-state index contributed by atoms with van der Waals surface area (Å²) in [4.78, 5) is 12.4. The van der Waals surface area contributed by atoms with Crippen LogP contribution in [0.2, 0.25) is 0 Å². The van der Waals surface area contributed by atoms with E-state index in [9.17, 15) is 49.8 Å². The van der Waals surface area contributed by atoms with Crippen LogP contribution in [0, 0.1) is 17.3 Å². The normalized spacial score (nSPS) is 30.0. The summed E-state index contributed by atoms with van der Waals surface area (Å²) in [6.07, 6.45) is -13.7. The van der Waals surface area contributed by atoms with E-state index in [1.165, 1.54) is 0 Å². The molecule has 3 fully saturated rings. The first kappa shape index (κ1) is 26.2. The van der Waals surface area contributed by atoms with E-state index in [1.807, 2.05) is 0 Å². The fraction of sp³-hybridized carbons (Fsp3) is 0.938. The Hall–Kier alpha value is -0.420. The molecular weight excluding hydrogens is 514 g/mol. The summed E-state index contributed by atoms with van der Waals surface area (Å²) in [5, 5.41) is 19.1. The topological polar surface area (TPSA) is 121 Å². The zero-order chi connectivity index (χ0) is 24.4. The van der Waals surface area contributed by atoms with E-state index in [1.54, 1.807) is 0 Å². The zero-order valence-corrected chi connectivity index (χ0v) is 18.6. The lowest BCUT2D eigenvalue weighted by Gasteiger charge is -2.49. The van der Waals surface area contributed by atoms with Crippen molar-refractivity contribution in [3.63, 3.8) is 0 Å². The Labute approximate surface area is 187 Å². The van der Waals surface area contributed by atoms with E-state index >= 15 is 0 Å². The van der Waals surface area contributed by atoms with Gasteiger partial charge in [-0.3, -0.25) is 4.55 Å². The predicted octanol–water partition coefficient (Wildman–Crippen LogP) is 2.23. The van der Waals surface area contributed by atoms with Gasteiger partial charge < -0.3 is 14.9 Å². The van der Waals surface area contributed by atoms with Crippen molar-refractivity contribution < 1.29 is 59.1 Å². The molecule has 1 aliphatic heterocycles. The molecule has 16 heteroatoms. The third-order valence-electron chi connectivity index (χ3n) is 6.45. The average Bonchev–Trinajstić information content (AvgIpc) is 3.22. The molecule has 1 spiro atoms. The van der Waals surface area contributed by atoms with Gasteiger partial charge in [-0.15, -0.1) is 23.5 Å². The Morgan fingerprint density at radius 1 is 1.00 bits per heavy atom. The number of esters is 1. The Bertz CT molecular complexity index is 831. The van der Waals surface area contributed by atoms with E-state index in [0.29, 0.717) is 19.3 Å². The second-order valence-corrected chi connectivity index (χ2v) is 12.7. The number of carbonyl (C=O) groups is 1. The molecule has 0 aromatic heterocycles. The molecule has 3 rings (SSSR count). The van der Waals surface area contributed by atoms with Gasteiger partial charge in [-0.25, -0.2) is 4.79 Å². The molecule has 1 saturated heterocycles. The number of hydrogen-bond donors (Lipinski definition) is 3. The average molecular weight is 535 g/mol. The molecule has 7 nitrogen and oxygen atoms in total. The second kappa shape index (κ2) is 8.07. The van der Waals surface area contributed by atoms with Crippen LogP contribution < -0.4 is 0 Å². The van der Waals surface area contributed by atoms with Crippen molar-refractivity contribution in [3.05, 3.63) is 0 Å². The summed E-state index contributed by atoms with van der Waals surface area (Å²) in [5.74, 6) is -3.77. The van der Waals surface area contributed by atoms with E-state index in [0.717, 1.165) is 23.5 Å². The highest BCUT2D eigenvalue weighted by molar-refractivity contribution is 8.19.